The highest BCUT2D eigenvalue weighted by molar-refractivity contribution is 5.69. The lowest BCUT2D eigenvalue weighted by Crippen LogP contribution is -2.67. The number of rotatable bonds is 9. The van der Waals surface area contributed by atoms with Gasteiger partial charge in [0.05, 0.1) is 19.3 Å². The highest BCUT2D eigenvalue weighted by atomic mass is 19.4. The Morgan fingerprint density at radius 1 is 0.956 bits per heavy atom. The third kappa shape index (κ3) is 6.70. The van der Waals surface area contributed by atoms with Gasteiger partial charge in [-0.2, -0.15) is 17.9 Å². The zero-order chi connectivity index (χ0) is 31.6. The quantitative estimate of drug-likeness (QED) is 0.300. The highest BCUT2D eigenvalue weighted by Crippen LogP contribution is 2.37. The van der Waals surface area contributed by atoms with Crippen LogP contribution in [0.5, 0.6) is 5.75 Å². The molecule has 236 valence electrons. The molecule has 2 aliphatic heterocycles. The molecule has 13 heteroatoms. The second-order valence-electron chi connectivity index (χ2n) is 11.5. The van der Waals surface area contributed by atoms with Crippen molar-refractivity contribution in [3.8, 4) is 11.4 Å². The zero-order valence-electron chi connectivity index (χ0n) is 24.7. The summed E-state index contributed by atoms with van der Waals surface area (Å²) >= 11 is 0. The van der Waals surface area contributed by atoms with Gasteiger partial charge in [-0.3, -0.25) is 19.5 Å². The van der Waals surface area contributed by atoms with Gasteiger partial charge in [0.2, 0.25) is 0 Å². The van der Waals surface area contributed by atoms with Gasteiger partial charge < -0.3 is 9.84 Å². The largest absolute Gasteiger partial charge is 0.496 e. The number of hydrogen-bond donors (Lipinski definition) is 1. The van der Waals surface area contributed by atoms with E-state index in [9.17, 15) is 23.1 Å². The van der Waals surface area contributed by atoms with E-state index in [0.717, 1.165) is 6.54 Å². The minimum Gasteiger partial charge on any atom is -0.496 e. The van der Waals surface area contributed by atoms with Crippen LogP contribution in [-0.4, -0.2) is 104 Å². The number of carboxylic acids is 1. The maximum absolute atomic E-state index is 13.6. The van der Waals surface area contributed by atoms with Crippen molar-refractivity contribution >= 4 is 5.97 Å². The van der Waals surface area contributed by atoms with Crippen molar-refractivity contribution in [2.75, 3.05) is 46.4 Å². The molecule has 45 heavy (non-hydrogen) atoms. The van der Waals surface area contributed by atoms with Gasteiger partial charge in [0.15, 0.2) is 0 Å². The second-order valence-corrected chi connectivity index (χ2v) is 11.5. The van der Waals surface area contributed by atoms with Crippen molar-refractivity contribution in [1.82, 2.24) is 34.9 Å². The molecule has 3 aromatic carbocycles. The fourth-order valence-electron chi connectivity index (χ4n) is 6.79. The van der Waals surface area contributed by atoms with Crippen molar-refractivity contribution in [3.05, 3.63) is 101 Å². The van der Waals surface area contributed by atoms with Gasteiger partial charge in [-0.25, -0.2) is 0 Å². The molecule has 2 aliphatic rings. The fourth-order valence-corrected chi connectivity index (χ4v) is 6.79. The summed E-state index contributed by atoms with van der Waals surface area (Å²) in [5.74, 6) is -1.49. The number of halogens is 3. The lowest BCUT2D eigenvalue weighted by atomic mass is 9.81. The lowest BCUT2D eigenvalue weighted by molar-refractivity contribution is -0.146. The first-order valence-corrected chi connectivity index (χ1v) is 14.8. The summed E-state index contributed by atoms with van der Waals surface area (Å²) in [6.07, 6.45) is -4.72. The van der Waals surface area contributed by atoms with E-state index in [1.165, 1.54) is 24.3 Å². The Morgan fingerprint density at radius 2 is 1.62 bits per heavy atom. The van der Waals surface area contributed by atoms with E-state index in [1.54, 1.807) is 12.1 Å². The molecule has 2 atom stereocenters. The van der Waals surface area contributed by atoms with E-state index < -0.39 is 18.0 Å². The smallest absolute Gasteiger partial charge is 0.453 e. The molecule has 1 aromatic heterocycles. The topological polar surface area (TPSA) is 99.8 Å². The summed E-state index contributed by atoms with van der Waals surface area (Å²) in [5, 5.41) is 19.6. The molecule has 0 aliphatic carbocycles. The van der Waals surface area contributed by atoms with Crippen LogP contribution in [0.1, 0.15) is 28.4 Å². The van der Waals surface area contributed by atoms with Gasteiger partial charge in [0.1, 0.15) is 5.75 Å². The van der Waals surface area contributed by atoms with Crippen LogP contribution in [0.25, 0.3) is 5.69 Å². The average molecular weight is 622 g/mol. The summed E-state index contributed by atoms with van der Waals surface area (Å²) in [4.78, 5) is 18.4. The monoisotopic (exact) mass is 621 g/mol. The molecule has 0 radical (unpaired) electrons. The predicted octanol–water partition coefficient (Wildman–Crippen LogP) is 3.78. The maximum Gasteiger partial charge on any atom is 0.453 e. The molecule has 0 spiro atoms. The number of carboxylic acid groups (broad SMARTS) is 1. The molecule has 2 fully saturated rings. The van der Waals surface area contributed by atoms with Crippen molar-refractivity contribution in [3.63, 3.8) is 0 Å². The number of fused-ring (bicyclic) bond motifs is 1. The normalized spacial score (nSPS) is 19.8. The Kier molecular flexibility index (Phi) is 8.83. The lowest BCUT2D eigenvalue weighted by Gasteiger charge is -2.53. The van der Waals surface area contributed by atoms with Crippen molar-refractivity contribution < 1.29 is 27.8 Å². The number of alkyl halides is 3. The highest BCUT2D eigenvalue weighted by Gasteiger charge is 2.43. The number of carbonyl (C=O) groups is 1. The summed E-state index contributed by atoms with van der Waals surface area (Å²) < 4.78 is 47.2. The minimum absolute atomic E-state index is 0.0286. The third-order valence-electron chi connectivity index (χ3n) is 8.64. The SMILES string of the molecule is COc1ccc(-n2nnnc2C(F)(F)F)cc1CN1C[C@@H]2CN(CC(=O)O)CCN2[C@H](C(c2ccccc2)c2ccccc2)C1. The van der Waals surface area contributed by atoms with Gasteiger partial charge in [-0.15, -0.1) is 5.10 Å². The van der Waals surface area contributed by atoms with E-state index in [2.05, 4.69) is 49.6 Å². The van der Waals surface area contributed by atoms with Gasteiger partial charge >= 0.3 is 12.1 Å². The first kappa shape index (κ1) is 30.7. The van der Waals surface area contributed by atoms with Gasteiger partial charge in [0, 0.05) is 62.8 Å². The van der Waals surface area contributed by atoms with Gasteiger partial charge in [-0.05, 0) is 39.8 Å². The zero-order valence-corrected chi connectivity index (χ0v) is 24.7. The predicted molar refractivity (Wildman–Crippen MR) is 159 cm³/mol. The van der Waals surface area contributed by atoms with Crippen LogP contribution in [0.2, 0.25) is 0 Å². The second kappa shape index (κ2) is 13.0. The third-order valence-corrected chi connectivity index (χ3v) is 8.64. The van der Waals surface area contributed by atoms with E-state index in [4.69, 9.17) is 4.74 Å². The van der Waals surface area contributed by atoms with E-state index in [1.807, 2.05) is 41.3 Å². The summed E-state index contributed by atoms with van der Waals surface area (Å²) in [7, 11) is 1.53. The molecular weight excluding hydrogens is 587 g/mol. The average Bonchev–Trinajstić information content (AvgIpc) is 3.53. The molecule has 0 bridgehead atoms. The minimum atomic E-state index is -4.72. The van der Waals surface area contributed by atoms with Crippen LogP contribution in [0, 0.1) is 0 Å². The Balaban J connectivity index is 1.36. The molecule has 0 amide bonds. The summed E-state index contributed by atoms with van der Waals surface area (Å²) in [6, 6.07) is 25.6. The first-order valence-electron chi connectivity index (χ1n) is 14.8. The molecule has 10 nitrogen and oxygen atoms in total. The van der Waals surface area contributed by atoms with E-state index in [-0.39, 0.29) is 30.2 Å². The van der Waals surface area contributed by atoms with Crippen LogP contribution in [0.15, 0.2) is 78.9 Å². The summed E-state index contributed by atoms with van der Waals surface area (Å²) in [6.45, 7) is 3.66. The molecular formula is C32H34F3N7O3. The van der Waals surface area contributed by atoms with Gasteiger partial charge in [0.25, 0.3) is 5.82 Å². The number of aliphatic carboxylic acids is 1. The number of tetrazole rings is 1. The molecule has 0 saturated carbocycles. The Bertz CT molecular complexity index is 1560. The Morgan fingerprint density at radius 3 is 2.24 bits per heavy atom. The number of aromatic nitrogens is 4. The summed E-state index contributed by atoms with van der Waals surface area (Å²) in [5.41, 5.74) is 3.23. The fraction of sp³-hybridized carbons (Fsp3) is 0.375. The van der Waals surface area contributed by atoms with Crippen LogP contribution >= 0.6 is 0 Å². The molecule has 2 saturated heterocycles. The number of ether oxygens (including phenoxy) is 1. The van der Waals surface area contributed by atoms with E-state index >= 15 is 0 Å². The van der Waals surface area contributed by atoms with Crippen LogP contribution < -0.4 is 4.74 Å². The Hall–Kier alpha value is -4.33. The van der Waals surface area contributed by atoms with Crippen LogP contribution in [0.3, 0.4) is 0 Å². The molecule has 1 N–H and O–H groups in total. The van der Waals surface area contributed by atoms with Crippen LogP contribution in [-0.2, 0) is 17.5 Å². The number of methoxy groups -OCH3 is 1. The standard InChI is InChI=1S/C32H34F3N7O3/c1-45-28-13-12-25(42-31(32(33,34)35)36-37-38-42)16-24(28)17-40-19-26-18-39(21-29(43)44)14-15-41(26)27(20-40)30(22-8-4-2-5-9-22)23-10-6-3-7-11-23/h2-13,16,26-27,30H,14-15,17-21H2,1H3,(H,43,44)/t26-,27-/m0/s1. The number of hydrogen-bond acceptors (Lipinski definition) is 8. The van der Waals surface area contributed by atoms with Crippen molar-refractivity contribution in [1.29, 1.82) is 0 Å². The van der Waals surface area contributed by atoms with Crippen molar-refractivity contribution in [2.24, 2.45) is 0 Å². The molecule has 0 unspecified atom stereocenters. The molecule has 6 rings (SSSR count). The number of benzene rings is 3. The number of piperazine rings is 2. The van der Waals surface area contributed by atoms with Crippen LogP contribution in [0.4, 0.5) is 13.2 Å². The first-order chi connectivity index (χ1) is 21.7. The van der Waals surface area contributed by atoms with Gasteiger partial charge in [-0.1, -0.05) is 60.7 Å². The Labute approximate surface area is 258 Å². The molecule has 3 heterocycles. The van der Waals surface area contributed by atoms with Crippen molar-refractivity contribution in [2.45, 2.75) is 30.7 Å². The molecule has 4 aromatic rings. The van der Waals surface area contributed by atoms with E-state index in [0.29, 0.717) is 48.7 Å². The maximum atomic E-state index is 13.6. The number of nitrogens with zero attached hydrogens (tertiary/aromatic N) is 7.